The van der Waals surface area contributed by atoms with E-state index in [-0.39, 0.29) is 5.91 Å². The SMILES string of the molecule is CCc1cc(C(=O)N2CCCC(CCN)C2)n(C)n1. The highest BCUT2D eigenvalue weighted by molar-refractivity contribution is 5.92. The molecule has 1 atom stereocenters. The van der Waals surface area contributed by atoms with E-state index >= 15 is 0 Å². The zero-order chi connectivity index (χ0) is 13.8. The molecule has 1 unspecified atom stereocenters. The minimum Gasteiger partial charge on any atom is -0.337 e. The van der Waals surface area contributed by atoms with Crippen LogP contribution in [-0.2, 0) is 13.5 Å². The largest absolute Gasteiger partial charge is 0.337 e. The average Bonchev–Trinajstić information content (AvgIpc) is 2.80. The van der Waals surface area contributed by atoms with Gasteiger partial charge in [-0.15, -0.1) is 0 Å². The first-order valence-corrected chi connectivity index (χ1v) is 7.18. The standard InChI is InChI=1S/C14H24N4O/c1-3-12-9-13(17(2)16-12)14(19)18-8-4-5-11(10-18)6-7-15/h9,11H,3-8,10,15H2,1-2H3. The highest BCUT2D eigenvalue weighted by Gasteiger charge is 2.25. The molecule has 19 heavy (non-hydrogen) atoms. The number of hydrogen-bond acceptors (Lipinski definition) is 3. The van der Waals surface area contributed by atoms with Crippen molar-refractivity contribution in [3.8, 4) is 0 Å². The van der Waals surface area contributed by atoms with E-state index in [1.54, 1.807) is 4.68 Å². The molecule has 1 aliphatic rings. The zero-order valence-corrected chi connectivity index (χ0v) is 11.9. The lowest BCUT2D eigenvalue weighted by atomic mass is 9.94. The molecule has 2 N–H and O–H groups in total. The fourth-order valence-corrected chi connectivity index (χ4v) is 2.78. The van der Waals surface area contributed by atoms with Gasteiger partial charge in [-0.3, -0.25) is 9.48 Å². The van der Waals surface area contributed by atoms with Gasteiger partial charge in [0, 0.05) is 20.1 Å². The van der Waals surface area contributed by atoms with Crippen LogP contribution in [0.5, 0.6) is 0 Å². The first kappa shape index (κ1) is 14.1. The van der Waals surface area contributed by atoms with E-state index < -0.39 is 0 Å². The van der Waals surface area contributed by atoms with Gasteiger partial charge in [0.15, 0.2) is 0 Å². The van der Waals surface area contributed by atoms with Gasteiger partial charge in [0.1, 0.15) is 5.69 Å². The number of aromatic nitrogens is 2. The first-order valence-electron chi connectivity index (χ1n) is 7.18. The maximum atomic E-state index is 12.5. The summed E-state index contributed by atoms with van der Waals surface area (Å²) in [6, 6.07) is 1.91. The summed E-state index contributed by atoms with van der Waals surface area (Å²) in [7, 11) is 1.84. The van der Waals surface area contributed by atoms with Crippen LogP contribution in [0.25, 0.3) is 0 Å². The summed E-state index contributed by atoms with van der Waals surface area (Å²) < 4.78 is 1.70. The van der Waals surface area contributed by atoms with Crippen LogP contribution in [0, 0.1) is 5.92 Å². The third-order valence-electron chi connectivity index (χ3n) is 3.89. The van der Waals surface area contributed by atoms with Crippen molar-refractivity contribution >= 4 is 5.91 Å². The molecule has 0 aliphatic carbocycles. The predicted molar refractivity (Wildman–Crippen MR) is 74.9 cm³/mol. The van der Waals surface area contributed by atoms with Crippen molar-refractivity contribution in [3.63, 3.8) is 0 Å². The monoisotopic (exact) mass is 264 g/mol. The Labute approximate surface area is 114 Å². The molecule has 0 saturated carbocycles. The van der Waals surface area contributed by atoms with Crippen LogP contribution < -0.4 is 5.73 Å². The van der Waals surface area contributed by atoms with Gasteiger partial charge in [-0.05, 0) is 44.2 Å². The Kier molecular flexibility index (Phi) is 4.58. The summed E-state index contributed by atoms with van der Waals surface area (Å²) in [6.07, 6.45) is 4.13. The quantitative estimate of drug-likeness (QED) is 0.888. The van der Waals surface area contributed by atoms with Gasteiger partial charge in [-0.1, -0.05) is 6.92 Å². The number of rotatable bonds is 4. The van der Waals surface area contributed by atoms with Crippen LogP contribution in [0.2, 0.25) is 0 Å². The summed E-state index contributed by atoms with van der Waals surface area (Å²) >= 11 is 0. The van der Waals surface area contributed by atoms with Gasteiger partial charge in [-0.2, -0.15) is 5.10 Å². The Balaban J connectivity index is 2.07. The van der Waals surface area contributed by atoms with Crippen molar-refractivity contribution < 1.29 is 4.79 Å². The lowest BCUT2D eigenvalue weighted by molar-refractivity contribution is 0.0658. The molecule has 1 aromatic heterocycles. The number of amides is 1. The van der Waals surface area contributed by atoms with E-state index in [0.29, 0.717) is 18.2 Å². The molecular weight excluding hydrogens is 240 g/mol. The van der Waals surface area contributed by atoms with Crippen molar-refractivity contribution in [1.82, 2.24) is 14.7 Å². The molecule has 106 valence electrons. The maximum Gasteiger partial charge on any atom is 0.272 e. The second-order valence-corrected chi connectivity index (χ2v) is 5.33. The van der Waals surface area contributed by atoms with Gasteiger partial charge in [0.25, 0.3) is 5.91 Å². The van der Waals surface area contributed by atoms with Crippen molar-refractivity contribution in [2.24, 2.45) is 18.7 Å². The van der Waals surface area contributed by atoms with E-state index in [4.69, 9.17) is 5.73 Å². The molecule has 5 nitrogen and oxygen atoms in total. The summed E-state index contributed by atoms with van der Waals surface area (Å²) in [5, 5.41) is 4.35. The number of nitrogens with zero attached hydrogens (tertiary/aromatic N) is 3. The molecule has 1 amide bonds. The Bertz CT molecular complexity index is 439. The molecule has 0 bridgehead atoms. The van der Waals surface area contributed by atoms with Crippen molar-refractivity contribution in [3.05, 3.63) is 17.5 Å². The first-order chi connectivity index (χ1) is 9.15. The normalized spacial score (nSPS) is 19.7. The highest BCUT2D eigenvalue weighted by Crippen LogP contribution is 2.21. The zero-order valence-electron chi connectivity index (χ0n) is 11.9. The highest BCUT2D eigenvalue weighted by atomic mass is 16.2. The van der Waals surface area contributed by atoms with Crippen LogP contribution in [0.3, 0.4) is 0 Å². The minimum atomic E-state index is 0.108. The maximum absolute atomic E-state index is 12.5. The fraction of sp³-hybridized carbons (Fsp3) is 0.714. The third-order valence-corrected chi connectivity index (χ3v) is 3.89. The molecule has 0 spiro atoms. The molecule has 2 heterocycles. The molecule has 1 aromatic rings. The van der Waals surface area contributed by atoms with Gasteiger partial charge < -0.3 is 10.6 Å². The topological polar surface area (TPSA) is 64.2 Å². The van der Waals surface area contributed by atoms with E-state index in [9.17, 15) is 4.79 Å². The Morgan fingerprint density at radius 1 is 1.58 bits per heavy atom. The van der Waals surface area contributed by atoms with Crippen LogP contribution in [0.4, 0.5) is 0 Å². The number of carbonyl (C=O) groups is 1. The van der Waals surface area contributed by atoms with Crippen LogP contribution >= 0.6 is 0 Å². The van der Waals surface area contributed by atoms with Crippen LogP contribution in [-0.4, -0.2) is 40.2 Å². The van der Waals surface area contributed by atoms with Gasteiger partial charge in [-0.25, -0.2) is 0 Å². The van der Waals surface area contributed by atoms with Crippen LogP contribution in [0.1, 0.15) is 42.4 Å². The van der Waals surface area contributed by atoms with E-state index in [0.717, 1.165) is 38.0 Å². The lowest BCUT2D eigenvalue weighted by Crippen LogP contribution is -2.41. The summed E-state index contributed by atoms with van der Waals surface area (Å²) in [4.78, 5) is 14.5. The predicted octanol–water partition coefficient (Wildman–Crippen LogP) is 1.18. The average molecular weight is 264 g/mol. The fourth-order valence-electron chi connectivity index (χ4n) is 2.78. The molecule has 1 saturated heterocycles. The molecule has 0 aromatic carbocycles. The number of likely N-dealkylation sites (tertiary alicyclic amines) is 1. The molecule has 5 heteroatoms. The Morgan fingerprint density at radius 2 is 2.37 bits per heavy atom. The summed E-state index contributed by atoms with van der Waals surface area (Å²) in [5.74, 6) is 0.665. The molecule has 0 radical (unpaired) electrons. The van der Waals surface area contributed by atoms with E-state index in [1.165, 1.54) is 6.42 Å². The van der Waals surface area contributed by atoms with E-state index in [1.807, 2.05) is 18.0 Å². The number of aryl methyl sites for hydroxylation is 2. The molecule has 1 aliphatic heterocycles. The number of piperidine rings is 1. The van der Waals surface area contributed by atoms with Gasteiger partial charge in [0.05, 0.1) is 5.69 Å². The Morgan fingerprint density at radius 3 is 3.00 bits per heavy atom. The third kappa shape index (κ3) is 3.15. The lowest BCUT2D eigenvalue weighted by Gasteiger charge is -2.32. The van der Waals surface area contributed by atoms with Gasteiger partial charge in [0.2, 0.25) is 0 Å². The van der Waals surface area contributed by atoms with E-state index in [2.05, 4.69) is 12.0 Å². The number of carbonyl (C=O) groups excluding carboxylic acids is 1. The van der Waals surface area contributed by atoms with Crippen molar-refractivity contribution in [2.75, 3.05) is 19.6 Å². The molecule has 2 rings (SSSR count). The Hall–Kier alpha value is -1.36. The molecule has 1 fully saturated rings. The van der Waals surface area contributed by atoms with Crippen molar-refractivity contribution in [1.29, 1.82) is 0 Å². The summed E-state index contributed by atoms with van der Waals surface area (Å²) in [6.45, 7) is 4.45. The van der Waals surface area contributed by atoms with Gasteiger partial charge >= 0.3 is 0 Å². The minimum absolute atomic E-state index is 0.108. The molecular formula is C14H24N4O. The van der Waals surface area contributed by atoms with Crippen molar-refractivity contribution in [2.45, 2.75) is 32.6 Å². The second-order valence-electron chi connectivity index (χ2n) is 5.33. The number of hydrogen-bond donors (Lipinski definition) is 1. The summed E-state index contributed by atoms with van der Waals surface area (Å²) in [5.41, 5.74) is 7.29. The smallest absolute Gasteiger partial charge is 0.272 e. The second kappa shape index (κ2) is 6.19. The number of nitrogens with two attached hydrogens (primary N) is 1. The van der Waals surface area contributed by atoms with Crippen LogP contribution in [0.15, 0.2) is 6.07 Å².